The monoisotopic (exact) mass is 234 g/mol. The van der Waals surface area contributed by atoms with E-state index in [1.165, 1.54) is 42.2 Å². The van der Waals surface area contributed by atoms with Gasteiger partial charge in [0.1, 0.15) is 5.82 Å². The van der Waals surface area contributed by atoms with Crippen molar-refractivity contribution in [2.75, 3.05) is 0 Å². The molecule has 0 fully saturated rings. The molecule has 1 aromatic heterocycles. The molecule has 17 heavy (non-hydrogen) atoms. The van der Waals surface area contributed by atoms with Gasteiger partial charge >= 0.3 is 5.97 Å². The first-order valence-corrected chi connectivity index (χ1v) is 5.03. The molecule has 1 atom stereocenters. The Morgan fingerprint density at radius 2 is 2.29 bits per heavy atom. The number of rotatable bonds is 3. The number of aromatic nitrogens is 2. The molecule has 1 aromatic carbocycles. The van der Waals surface area contributed by atoms with Crippen molar-refractivity contribution in [1.82, 2.24) is 9.55 Å². The molecule has 2 aromatic rings. The number of benzene rings is 1. The van der Waals surface area contributed by atoms with Gasteiger partial charge in [0.2, 0.25) is 0 Å². The Balaban J connectivity index is 2.60. The number of carboxylic acid groups (broad SMARTS) is 1. The SMILES string of the molecule is CC(C(=O)O)(c1cccc(F)c1)n1ccnc1. The zero-order valence-electron chi connectivity index (χ0n) is 9.17. The number of imidazole rings is 1. The van der Waals surface area contributed by atoms with Crippen LogP contribution in [0.25, 0.3) is 0 Å². The normalized spacial score (nSPS) is 14.2. The van der Waals surface area contributed by atoms with E-state index < -0.39 is 17.3 Å². The Hall–Kier alpha value is -2.17. The Labute approximate surface area is 97.3 Å². The molecule has 5 heteroatoms. The molecule has 1 heterocycles. The molecular weight excluding hydrogens is 223 g/mol. The van der Waals surface area contributed by atoms with Crippen LogP contribution in [0.15, 0.2) is 43.0 Å². The standard InChI is InChI=1S/C12H11FN2O2/c1-12(11(16)17,15-6-5-14-8-15)9-3-2-4-10(13)7-9/h2-8H,1H3,(H,16,17). The van der Waals surface area contributed by atoms with Gasteiger partial charge in [-0.15, -0.1) is 0 Å². The predicted octanol–water partition coefficient (Wildman–Crippen LogP) is 1.87. The van der Waals surface area contributed by atoms with Crippen molar-refractivity contribution < 1.29 is 14.3 Å². The number of hydrogen-bond acceptors (Lipinski definition) is 2. The number of carbonyl (C=O) groups is 1. The highest BCUT2D eigenvalue weighted by Crippen LogP contribution is 2.26. The van der Waals surface area contributed by atoms with Crippen LogP contribution in [0.3, 0.4) is 0 Å². The lowest BCUT2D eigenvalue weighted by atomic mass is 9.92. The topological polar surface area (TPSA) is 55.1 Å². The van der Waals surface area contributed by atoms with Crippen molar-refractivity contribution in [2.45, 2.75) is 12.5 Å². The van der Waals surface area contributed by atoms with E-state index in [-0.39, 0.29) is 0 Å². The first-order valence-electron chi connectivity index (χ1n) is 5.03. The second kappa shape index (κ2) is 4.01. The van der Waals surface area contributed by atoms with E-state index >= 15 is 0 Å². The lowest BCUT2D eigenvalue weighted by Gasteiger charge is -2.26. The Morgan fingerprint density at radius 1 is 1.53 bits per heavy atom. The molecule has 0 radical (unpaired) electrons. The van der Waals surface area contributed by atoms with Gasteiger partial charge in [-0.05, 0) is 24.6 Å². The quantitative estimate of drug-likeness (QED) is 0.882. The molecule has 1 N–H and O–H groups in total. The van der Waals surface area contributed by atoms with Gasteiger partial charge in [-0.1, -0.05) is 12.1 Å². The molecular formula is C12H11FN2O2. The summed E-state index contributed by atoms with van der Waals surface area (Å²) in [7, 11) is 0. The maximum absolute atomic E-state index is 13.2. The summed E-state index contributed by atoms with van der Waals surface area (Å²) < 4.78 is 14.6. The van der Waals surface area contributed by atoms with Crippen molar-refractivity contribution in [3.05, 3.63) is 54.4 Å². The van der Waals surface area contributed by atoms with E-state index in [0.29, 0.717) is 5.56 Å². The van der Waals surface area contributed by atoms with Gasteiger partial charge in [0.05, 0.1) is 6.33 Å². The molecule has 0 amide bonds. The van der Waals surface area contributed by atoms with Crippen LogP contribution in [0, 0.1) is 5.82 Å². The first kappa shape index (κ1) is 11.3. The number of nitrogens with zero attached hydrogens (tertiary/aromatic N) is 2. The smallest absolute Gasteiger partial charge is 0.334 e. The number of hydrogen-bond donors (Lipinski definition) is 1. The summed E-state index contributed by atoms with van der Waals surface area (Å²) in [5.41, 5.74) is -0.999. The van der Waals surface area contributed by atoms with E-state index in [9.17, 15) is 14.3 Å². The van der Waals surface area contributed by atoms with E-state index in [4.69, 9.17) is 0 Å². The predicted molar refractivity (Wildman–Crippen MR) is 59.0 cm³/mol. The summed E-state index contributed by atoms with van der Waals surface area (Å²) in [5, 5.41) is 9.38. The highest BCUT2D eigenvalue weighted by atomic mass is 19.1. The number of carboxylic acids is 1. The van der Waals surface area contributed by atoms with Crippen LogP contribution in [-0.2, 0) is 10.3 Å². The highest BCUT2D eigenvalue weighted by molar-refractivity contribution is 5.80. The van der Waals surface area contributed by atoms with Gasteiger partial charge in [-0.2, -0.15) is 0 Å². The van der Waals surface area contributed by atoms with Gasteiger partial charge < -0.3 is 9.67 Å². The third kappa shape index (κ3) is 1.80. The van der Waals surface area contributed by atoms with Gasteiger partial charge in [0, 0.05) is 12.4 Å². The van der Waals surface area contributed by atoms with Crippen molar-refractivity contribution in [3.8, 4) is 0 Å². The van der Waals surface area contributed by atoms with E-state index in [2.05, 4.69) is 4.98 Å². The summed E-state index contributed by atoms with van der Waals surface area (Å²) in [6.07, 6.45) is 4.43. The van der Waals surface area contributed by atoms with Crippen LogP contribution in [0.2, 0.25) is 0 Å². The van der Waals surface area contributed by atoms with Crippen molar-refractivity contribution in [3.63, 3.8) is 0 Å². The third-order valence-electron chi connectivity index (χ3n) is 2.82. The zero-order chi connectivity index (χ0) is 12.5. The fourth-order valence-electron chi connectivity index (χ4n) is 1.70. The van der Waals surface area contributed by atoms with Gasteiger partial charge in [0.15, 0.2) is 5.54 Å². The van der Waals surface area contributed by atoms with Crippen LogP contribution in [0.1, 0.15) is 12.5 Å². The maximum atomic E-state index is 13.2. The average molecular weight is 234 g/mol. The van der Waals surface area contributed by atoms with Crippen LogP contribution < -0.4 is 0 Å². The number of aliphatic carboxylic acids is 1. The molecule has 0 aliphatic carbocycles. The fourth-order valence-corrected chi connectivity index (χ4v) is 1.70. The molecule has 2 rings (SSSR count). The summed E-state index contributed by atoms with van der Waals surface area (Å²) >= 11 is 0. The average Bonchev–Trinajstić information content (AvgIpc) is 2.81. The molecule has 0 saturated heterocycles. The van der Waals surface area contributed by atoms with Crippen molar-refractivity contribution in [1.29, 1.82) is 0 Å². The third-order valence-corrected chi connectivity index (χ3v) is 2.82. The van der Waals surface area contributed by atoms with Gasteiger partial charge in [-0.25, -0.2) is 14.2 Å². The summed E-state index contributed by atoms with van der Waals surface area (Å²) in [6.45, 7) is 1.51. The highest BCUT2D eigenvalue weighted by Gasteiger charge is 2.37. The molecule has 0 aliphatic heterocycles. The second-order valence-electron chi connectivity index (χ2n) is 3.86. The molecule has 1 unspecified atom stereocenters. The Morgan fingerprint density at radius 3 is 2.82 bits per heavy atom. The zero-order valence-corrected chi connectivity index (χ0v) is 9.17. The molecule has 88 valence electrons. The fraction of sp³-hybridized carbons (Fsp3) is 0.167. The second-order valence-corrected chi connectivity index (χ2v) is 3.86. The Bertz CT molecular complexity index is 539. The molecule has 0 bridgehead atoms. The van der Waals surface area contributed by atoms with Gasteiger partial charge in [0.25, 0.3) is 0 Å². The number of halogens is 1. The van der Waals surface area contributed by atoms with Crippen LogP contribution in [-0.4, -0.2) is 20.6 Å². The first-order chi connectivity index (χ1) is 8.05. The van der Waals surface area contributed by atoms with Crippen LogP contribution >= 0.6 is 0 Å². The lowest BCUT2D eigenvalue weighted by molar-refractivity contribution is -0.144. The van der Waals surface area contributed by atoms with E-state index in [1.54, 1.807) is 12.3 Å². The van der Waals surface area contributed by atoms with E-state index in [0.717, 1.165) is 0 Å². The largest absolute Gasteiger partial charge is 0.479 e. The van der Waals surface area contributed by atoms with Crippen molar-refractivity contribution >= 4 is 5.97 Å². The maximum Gasteiger partial charge on any atom is 0.334 e. The summed E-state index contributed by atoms with van der Waals surface area (Å²) in [5.74, 6) is -1.53. The minimum Gasteiger partial charge on any atom is -0.479 e. The minimum atomic E-state index is -1.36. The van der Waals surface area contributed by atoms with Crippen LogP contribution in [0.4, 0.5) is 4.39 Å². The summed E-state index contributed by atoms with van der Waals surface area (Å²) in [4.78, 5) is 15.3. The molecule has 0 aliphatic rings. The Kier molecular flexibility index (Phi) is 2.67. The molecule has 0 saturated carbocycles. The summed E-state index contributed by atoms with van der Waals surface area (Å²) in [6, 6.07) is 5.56. The van der Waals surface area contributed by atoms with E-state index in [1.807, 2.05) is 0 Å². The minimum absolute atomic E-state index is 0.364. The lowest BCUT2D eigenvalue weighted by Crippen LogP contribution is -2.39. The van der Waals surface area contributed by atoms with Crippen molar-refractivity contribution in [2.24, 2.45) is 0 Å². The molecule has 0 spiro atoms. The van der Waals surface area contributed by atoms with Gasteiger partial charge in [-0.3, -0.25) is 0 Å². The van der Waals surface area contributed by atoms with Crippen LogP contribution in [0.5, 0.6) is 0 Å². The molecule has 4 nitrogen and oxygen atoms in total.